The maximum Gasteiger partial charge on any atom is 0.176 e. The summed E-state index contributed by atoms with van der Waals surface area (Å²) in [6.07, 6.45) is -5.08. The maximum absolute atomic E-state index is 9.79. The Balaban J connectivity index is 2.78. The summed E-state index contributed by atoms with van der Waals surface area (Å²) in [7, 11) is 0. The normalized spacial score (nSPS) is 41.3. The van der Waals surface area contributed by atoms with Crippen LogP contribution in [0.5, 0.6) is 0 Å². The van der Waals surface area contributed by atoms with Gasteiger partial charge in [0.2, 0.25) is 0 Å². The highest BCUT2D eigenvalue weighted by Crippen LogP contribution is 2.25. The highest BCUT2D eigenvalue weighted by molar-refractivity contribution is 4.94. The number of nitrogens with two attached hydrogens (primary N) is 1. The molecule has 6 heteroatoms. The second-order valence-corrected chi connectivity index (χ2v) is 5.50. The van der Waals surface area contributed by atoms with Gasteiger partial charge in [-0.05, 0) is 27.7 Å². The van der Waals surface area contributed by atoms with Gasteiger partial charge < -0.3 is 30.5 Å². The topological polar surface area (TPSA) is 105 Å². The first-order valence-corrected chi connectivity index (χ1v) is 5.76. The molecule has 0 bridgehead atoms. The molecular formula is C11H23NO5. The minimum absolute atomic E-state index is 0.493. The zero-order valence-corrected chi connectivity index (χ0v) is 10.7. The van der Waals surface area contributed by atoms with Gasteiger partial charge in [0.25, 0.3) is 0 Å². The summed E-state index contributed by atoms with van der Waals surface area (Å²) in [6.45, 7) is 6.97. The van der Waals surface area contributed by atoms with Crippen LogP contribution in [0.3, 0.4) is 0 Å². The molecule has 6 atom stereocenters. The Bertz CT molecular complexity index is 253. The molecule has 17 heavy (non-hydrogen) atoms. The molecule has 0 aromatic rings. The van der Waals surface area contributed by atoms with Crippen LogP contribution >= 0.6 is 0 Å². The summed E-state index contributed by atoms with van der Waals surface area (Å²) in [5, 5.41) is 29.0. The third-order valence-corrected chi connectivity index (χ3v) is 2.63. The first-order chi connectivity index (χ1) is 7.63. The average molecular weight is 249 g/mol. The fraction of sp³-hybridized carbons (Fsp3) is 1.00. The van der Waals surface area contributed by atoms with Gasteiger partial charge in [-0.1, -0.05) is 0 Å². The summed E-state index contributed by atoms with van der Waals surface area (Å²) in [5.74, 6) is 0. The van der Waals surface area contributed by atoms with Crippen molar-refractivity contribution in [2.45, 2.75) is 70.0 Å². The molecule has 1 rings (SSSR count). The molecular weight excluding hydrogens is 226 g/mol. The number of rotatable bonds is 2. The van der Waals surface area contributed by atoms with Crippen molar-refractivity contribution in [3.63, 3.8) is 0 Å². The predicted molar refractivity (Wildman–Crippen MR) is 61.2 cm³/mol. The molecule has 5 N–H and O–H groups in total. The second kappa shape index (κ2) is 5.17. The third-order valence-electron chi connectivity index (χ3n) is 2.63. The van der Waals surface area contributed by atoms with Crippen molar-refractivity contribution < 1.29 is 24.8 Å². The van der Waals surface area contributed by atoms with Crippen molar-refractivity contribution in [1.29, 1.82) is 0 Å². The van der Waals surface area contributed by atoms with Gasteiger partial charge in [0.1, 0.15) is 18.3 Å². The molecule has 3 unspecified atom stereocenters. The van der Waals surface area contributed by atoms with E-state index < -0.39 is 42.3 Å². The fourth-order valence-electron chi connectivity index (χ4n) is 1.76. The first-order valence-electron chi connectivity index (χ1n) is 5.76. The van der Waals surface area contributed by atoms with Crippen molar-refractivity contribution >= 4 is 0 Å². The van der Waals surface area contributed by atoms with Crippen LogP contribution in [-0.2, 0) is 9.47 Å². The molecule has 1 aliphatic rings. The highest BCUT2D eigenvalue weighted by Gasteiger charge is 2.45. The molecule has 0 aromatic heterocycles. The molecule has 0 spiro atoms. The summed E-state index contributed by atoms with van der Waals surface area (Å²) in [4.78, 5) is 0. The van der Waals surface area contributed by atoms with Crippen LogP contribution < -0.4 is 5.73 Å². The average Bonchev–Trinajstić information content (AvgIpc) is 2.16. The Labute approximate surface area is 101 Å². The van der Waals surface area contributed by atoms with E-state index in [1.807, 2.05) is 20.8 Å². The second-order valence-electron chi connectivity index (χ2n) is 5.50. The minimum atomic E-state index is -1.22. The Morgan fingerprint density at radius 2 is 1.76 bits per heavy atom. The van der Waals surface area contributed by atoms with Gasteiger partial charge >= 0.3 is 0 Å². The van der Waals surface area contributed by atoms with Crippen molar-refractivity contribution in [1.82, 2.24) is 0 Å². The van der Waals surface area contributed by atoms with Crippen molar-refractivity contribution in [2.24, 2.45) is 5.73 Å². The largest absolute Gasteiger partial charge is 0.391 e. The van der Waals surface area contributed by atoms with E-state index in [-0.39, 0.29) is 0 Å². The summed E-state index contributed by atoms with van der Waals surface area (Å²) >= 11 is 0. The zero-order valence-electron chi connectivity index (χ0n) is 10.7. The Kier molecular flexibility index (Phi) is 4.51. The quantitative estimate of drug-likeness (QED) is 0.498. The number of hydrogen-bond donors (Lipinski definition) is 4. The van der Waals surface area contributed by atoms with Crippen molar-refractivity contribution in [3.8, 4) is 0 Å². The number of ether oxygens (including phenoxy) is 2. The van der Waals surface area contributed by atoms with E-state index in [0.29, 0.717) is 0 Å². The molecule has 1 heterocycles. The van der Waals surface area contributed by atoms with Crippen molar-refractivity contribution in [2.75, 3.05) is 0 Å². The number of aliphatic hydroxyl groups excluding tert-OH is 3. The third kappa shape index (κ3) is 3.61. The molecule has 6 nitrogen and oxygen atoms in total. The van der Waals surface area contributed by atoms with Gasteiger partial charge in [-0.15, -0.1) is 0 Å². The van der Waals surface area contributed by atoms with Gasteiger partial charge in [0.15, 0.2) is 6.29 Å². The fourth-order valence-corrected chi connectivity index (χ4v) is 1.76. The Morgan fingerprint density at radius 1 is 1.24 bits per heavy atom. The molecule has 1 saturated heterocycles. The van der Waals surface area contributed by atoms with Gasteiger partial charge in [-0.3, -0.25) is 0 Å². The molecule has 0 amide bonds. The van der Waals surface area contributed by atoms with E-state index in [1.165, 1.54) is 6.92 Å². The van der Waals surface area contributed by atoms with E-state index in [1.54, 1.807) is 0 Å². The van der Waals surface area contributed by atoms with E-state index in [2.05, 4.69) is 0 Å². The monoisotopic (exact) mass is 249 g/mol. The summed E-state index contributed by atoms with van der Waals surface area (Å²) < 4.78 is 11.0. The SMILES string of the molecule is CC(O)C1O[C@H](OC(C)(C)C)C(N)[C@@H](O)[C@@H]1O. The van der Waals surface area contributed by atoms with E-state index >= 15 is 0 Å². The number of hydrogen-bond acceptors (Lipinski definition) is 6. The molecule has 0 aliphatic carbocycles. The van der Waals surface area contributed by atoms with E-state index in [9.17, 15) is 15.3 Å². The van der Waals surface area contributed by atoms with Crippen LogP contribution in [0.4, 0.5) is 0 Å². The lowest BCUT2D eigenvalue weighted by atomic mass is 9.94. The van der Waals surface area contributed by atoms with Gasteiger partial charge in [0.05, 0.1) is 17.7 Å². The van der Waals surface area contributed by atoms with Crippen LogP contribution in [-0.4, -0.2) is 57.7 Å². The van der Waals surface area contributed by atoms with Gasteiger partial charge in [0, 0.05) is 0 Å². The molecule has 1 aliphatic heterocycles. The maximum atomic E-state index is 9.79. The predicted octanol–water partition coefficient (Wildman–Crippen LogP) is -1.04. The molecule has 102 valence electrons. The van der Waals surface area contributed by atoms with Crippen LogP contribution in [0.2, 0.25) is 0 Å². The standard InChI is InChI=1S/C11H23NO5/c1-5(13)9-8(15)7(14)6(12)10(16-9)17-11(2,3)4/h5-10,13-15H,12H2,1-4H3/t5?,6?,7-,8+,9?,10-/m1/s1. The van der Waals surface area contributed by atoms with E-state index in [0.717, 1.165) is 0 Å². The lowest BCUT2D eigenvalue weighted by molar-refractivity contribution is -0.297. The molecule has 0 radical (unpaired) electrons. The summed E-state index contributed by atoms with van der Waals surface area (Å²) in [5.41, 5.74) is 5.25. The van der Waals surface area contributed by atoms with Crippen LogP contribution in [0, 0.1) is 0 Å². The van der Waals surface area contributed by atoms with Crippen molar-refractivity contribution in [3.05, 3.63) is 0 Å². The molecule has 1 fully saturated rings. The zero-order chi connectivity index (χ0) is 13.4. The first kappa shape index (κ1) is 14.8. The highest BCUT2D eigenvalue weighted by atomic mass is 16.7. The lowest BCUT2D eigenvalue weighted by Gasteiger charge is -2.43. The minimum Gasteiger partial charge on any atom is -0.391 e. The molecule has 0 aromatic carbocycles. The Hall–Kier alpha value is -0.240. The molecule has 0 saturated carbocycles. The Morgan fingerprint density at radius 3 is 2.18 bits per heavy atom. The van der Waals surface area contributed by atoms with E-state index in [4.69, 9.17) is 15.2 Å². The van der Waals surface area contributed by atoms with Gasteiger partial charge in [-0.25, -0.2) is 0 Å². The van der Waals surface area contributed by atoms with Crippen LogP contribution in [0.1, 0.15) is 27.7 Å². The van der Waals surface area contributed by atoms with Gasteiger partial charge in [-0.2, -0.15) is 0 Å². The smallest absolute Gasteiger partial charge is 0.176 e. The van der Waals surface area contributed by atoms with Crippen LogP contribution in [0.15, 0.2) is 0 Å². The summed E-state index contributed by atoms with van der Waals surface area (Å²) in [6, 6.07) is -0.848. The van der Waals surface area contributed by atoms with Crippen LogP contribution in [0.25, 0.3) is 0 Å². The lowest BCUT2D eigenvalue weighted by Crippen LogP contribution is -2.64. The number of aliphatic hydroxyl groups is 3.